The molecule has 17 heavy (non-hydrogen) atoms. The lowest BCUT2D eigenvalue weighted by Crippen LogP contribution is -2.01. The van der Waals surface area contributed by atoms with E-state index in [0.29, 0.717) is 17.2 Å². The molecule has 0 unspecified atom stereocenters. The van der Waals surface area contributed by atoms with Crippen LogP contribution in [0.15, 0.2) is 24.3 Å². The molecule has 1 aromatic carbocycles. The minimum absolute atomic E-state index is 0.211. The number of hydrogen-bond donors (Lipinski definition) is 0. The number of halogens is 1. The van der Waals surface area contributed by atoms with Gasteiger partial charge < -0.3 is 4.74 Å². The zero-order valence-electron chi connectivity index (χ0n) is 9.44. The van der Waals surface area contributed by atoms with Gasteiger partial charge in [-0.25, -0.2) is 0 Å². The zero-order valence-corrected chi connectivity index (χ0v) is 10.2. The van der Waals surface area contributed by atoms with Crippen molar-refractivity contribution in [1.82, 2.24) is 0 Å². The second-order valence-corrected chi connectivity index (χ2v) is 3.73. The van der Waals surface area contributed by atoms with E-state index in [4.69, 9.17) is 21.6 Å². The molecule has 0 spiro atoms. The molecule has 0 heterocycles. The Morgan fingerprint density at radius 1 is 1.53 bits per heavy atom. The molecule has 0 aliphatic heterocycles. The first kappa shape index (κ1) is 13.3. The summed E-state index contributed by atoms with van der Waals surface area (Å²) in [5.74, 6) is -0.272. The Bertz CT molecular complexity index is 475. The molecular weight excluding hydrogens is 238 g/mol. The molecular formula is C13H12ClNO2. The molecule has 0 atom stereocenters. The van der Waals surface area contributed by atoms with Gasteiger partial charge in [0.2, 0.25) is 0 Å². The van der Waals surface area contributed by atoms with Gasteiger partial charge in [0, 0.05) is 5.02 Å². The molecule has 4 heteroatoms. The lowest BCUT2D eigenvalue weighted by atomic mass is 10.1. The number of nitriles is 1. The summed E-state index contributed by atoms with van der Waals surface area (Å²) >= 11 is 5.84. The number of nitrogens with zero attached hydrogens (tertiary/aromatic N) is 1. The van der Waals surface area contributed by atoms with E-state index in [0.717, 1.165) is 5.56 Å². The molecule has 3 nitrogen and oxygen atoms in total. The number of carbonyl (C=O) groups excluding carboxylic acids is 1. The van der Waals surface area contributed by atoms with Crippen molar-refractivity contribution in [3.63, 3.8) is 0 Å². The molecule has 0 saturated carbocycles. The predicted molar refractivity (Wildman–Crippen MR) is 66.5 cm³/mol. The fraction of sp³-hybridized carbons (Fsp3) is 0.231. The van der Waals surface area contributed by atoms with E-state index >= 15 is 0 Å². The average Bonchev–Trinajstić information content (AvgIpc) is 2.28. The van der Waals surface area contributed by atoms with Gasteiger partial charge in [0.05, 0.1) is 24.7 Å². The van der Waals surface area contributed by atoms with Crippen LogP contribution in [0.5, 0.6) is 0 Å². The van der Waals surface area contributed by atoms with Gasteiger partial charge in [0.1, 0.15) is 0 Å². The summed E-state index contributed by atoms with van der Waals surface area (Å²) in [6, 6.07) is 7.03. The second-order valence-electron chi connectivity index (χ2n) is 3.30. The molecule has 0 aliphatic rings. The number of carbonyl (C=O) groups is 1. The van der Waals surface area contributed by atoms with Crippen LogP contribution in [0, 0.1) is 11.3 Å². The smallest absolute Gasteiger partial charge is 0.309 e. The van der Waals surface area contributed by atoms with Gasteiger partial charge in [0.25, 0.3) is 0 Å². The summed E-state index contributed by atoms with van der Waals surface area (Å²) < 4.78 is 4.78. The van der Waals surface area contributed by atoms with Gasteiger partial charge in [0.15, 0.2) is 0 Å². The predicted octanol–water partition coefficient (Wildman–Crippen LogP) is 3.18. The van der Waals surface area contributed by atoms with Crippen LogP contribution in [0.4, 0.5) is 0 Å². The molecule has 0 bridgehead atoms. The van der Waals surface area contributed by atoms with E-state index in [1.807, 2.05) is 6.07 Å². The van der Waals surface area contributed by atoms with E-state index in [-0.39, 0.29) is 12.4 Å². The Morgan fingerprint density at radius 3 is 2.94 bits per heavy atom. The fourth-order valence-corrected chi connectivity index (χ4v) is 1.53. The standard InChI is InChI=1S/C13H12ClNO2/c1-2-17-13(16)5-3-4-10-6-11(9-15)8-12(14)7-10/h3-4,6-8H,2,5H2,1H3. The van der Waals surface area contributed by atoms with Crippen LogP contribution in [0.2, 0.25) is 5.02 Å². The third-order valence-electron chi connectivity index (χ3n) is 1.95. The third-order valence-corrected chi connectivity index (χ3v) is 2.17. The van der Waals surface area contributed by atoms with Crippen molar-refractivity contribution in [3.8, 4) is 6.07 Å². The Labute approximate surface area is 105 Å². The molecule has 0 fully saturated rings. The van der Waals surface area contributed by atoms with Crippen LogP contribution in [-0.2, 0) is 9.53 Å². The number of benzene rings is 1. The van der Waals surface area contributed by atoms with Crippen molar-refractivity contribution in [2.24, 2.45) is 0 Å². The minimum atomic E-state index is -0.272. The summed E-state index contributed by atoms with van der Waals surface area (Å²) in [7, 11) is 0. The van der Waals surface area contributed by atoms with Crippen molar-refractivity contribution in [2.45, 2.75) is 13.3 Å². The highest BCUT2D eigenvalue weighted by atomic mass is 35.5. The van der Waals surface area contributed by atoms with Gasteiger partial charge in [-0.1, -0.05) is 23.8 Å². The topological polar surface area (TPSA) is 50.1 Å². The maximum atomic E-state index is 11.1. The molecule has 88 valence electrons. The molecule has 0 N–H and O–H groups in total. The Morgan fingerprint density at radius 2 is 2.29 bits per heavy atom. The minimum Gasteiger partial charge on any atom is -0.466 e. The Kier molecular flexibility index (Phi) is 5.25. The maximum absolute atomic E-state index is 11.1. The lowest BCUT2D eigenvalue weighted by Gasteiger charge is -1.98. The van der Waals surface area contributed by atoms with E-state index < -0.39 is 0 Å². The lowest BCUT2D eigenvalue weighted by molar-refractivity contribution is -0.142. The molecule has 1 aromatic rings. The van der Waals surface area contributed by atoms with Crippen LogP contribution in [-0.4, -0.2) is 12.6 Å². The van der Waals surface area contributed by atoms with Crippen LogP contribution in [0.1, 0.15) is 24.5 Å². The highest BCUT2D eigenvalue weighted by molar-refractivity contribution is 6.30. The summed E-state index contributed by atoms with van der Waals surface area (Å²) in [4.78, 5) is 11.1. The van der Waals surface area contributed by atoms with Crippen LogP contribution < -0.4 is 0 Å². The number of hydrogen-bond acceptors (Lipinski definition) is 3. The number of ether oxygens (including phenoxy) is 1. The zero-order chi connectivity index (χ0) is 12.7. The van der Waals surface area contributed by atoms with Crippen molar-refractivity contribution >= 4 is 23.6 Å². The molecule has 0 radical (unpaired) electrons. The summed E-state index contributed by atoms with van der Waals surface area (Å²) in [5, 5.41) is 9.26. The van der Waals surface area contributed by atoms with E-state index in [2.05, 4.69) is 0 Å². The fourth-order valence-electron chi connectivity index (χ4n) is 1.28. The first-order valence-electron chi connectivity index (χ1n) is 5.18. The Hall–Kier alpha value is -1.79. The van der Waals surface area contributed by atoms with Gasteiger partial charge in [-0.05, 0) is 30.7 Å². The molecule has 0 saturated heterocycles. The van der Waals surface area contributed by atoms with Crippen molar-refractivity contribution < 1.29 is 9.53 Å². The van der Waals surface area contributed by atoms with Crippen LogP contribution in [0.25, 0.3) is 6.08 Å². The largest absolute Gasteiger partial charge is 0.466 e. The van der Waals surface area contributed by atoms with Gasteiger partial charge >= 0.3 is 5.97 Å². The van der Waals surface area contributed by atoms with E-state index in [1.54, 1.807) is 37.3 Å². The van der Waals surface area contributed by atoms with E-state index in [9.17, 15) is 4.79 Å². The van der Waals surface area contributed by atoms with Gasteiger partial charge in [-0.3, -0.25) is 4.79 Å². The van der Waals surface area contributed by atoms with Gasteiger partial charge in [-0.2, -0.15) is 5.26 Å². The summed E-state index contributed by atoms with van der Waals surface area (Å²) in [5.41, 5.74) is 1.28. The van der Waals surface area contributed by atoms with Crippen LogP contribution >= 0.6 is 11.6 Å². The van der Waals surface area contributed by atoms with Crippen molar-refractivity contribution in [3.05, 3.63) is 40.4 Å². The molecule has 0 aromatic heterocycles. The highest BCUT2D eigenvalue weighted by Gasteiger charge is 1.98. The first-order valence-corrected chi connectivity index (χ1v) is 5.56. The summed E-state index contributed by atoms with van der Waals surface area (Å²) in [6.07, 6.45) is 3.64. The first-order chi connectivity index (χ1) is 8.15. The summed E-state index contributed by atoms with van der Waals surface area (Å²) in [6.45, 7) is 2.14. The monoisotopic (exact) mass is 249 g/mol. The Balaban J connectivity index is 2.68. The SMILES string of the molecule is CCOC(=O)CC=Cc1cc(Cl)cc(C#N)c1. The molecule has 1 rings (SSSR count). The maximum Gasteiger partial charge on any atom is 0.309 e. The quantitative estimate of drug-likeness (QED) is 0.770. The third kappa shape index (κ3) is 4.71. The molecule has 0 amide bonds. The van der Waals surface area contributed by atoms with Crippen molar-refractivity contribution in [1.29, 1.82) is 5.26 Å². The van der Waals surface area contributed by atoms with Crippen molar-refractivity contribution in [2.75, 3.05) is 6.61 Å². The average molecular weight is 250 g/mol. The second kappa shape index (κ2) is 6.72. The highest BCUT2D eigenvalue weighted by Crippen LogP contribution is 2.15. The number of esters is 1. The number of rotatable bonds is 4. The van der Waals surface area contributed by atoms with E-state index in [1.165, 1.54) is 0 Å². The normalized spacial score (nSPS) is 10.2. The van der Waals surface area contributed by atoms with Crippen LogP contribution in [0.3, 0.4) is 0 Å². The van der Waals surface area contributed by atoms with Gasteiger partial charge in [-0.15, -0.1) is 0 Å². The molecule has 0 aliphatic carbocycles.